The van der Waals surface area contributed by atoms with Crippen LogP contribution in [0.3, 0.4) is 0 Å². The van der Waals surface area contributed by atoms with E-state index in [1.54, 1.807) is 24.4 Å². The van der Waals surface area contributed by atoms with Crippen molar-refractivity contribution < 1.29 is 12.8 Å². The van der Waals surface area contributed by atoms with Crippen molar-refractivity contribution in [3.8, 4) is 0 Å². The van der Waals surface area contributed by atoms with Gasteiger partial charge in [-0.2, -0.15) is 0 Å². The Kier molecular flexibility index (Phi) is 5.41. The zero-order valence-electron chi connectivity index (χ0n) is 9.78. The monoisotopic (exact) mass is 302 g/mol. The van der Waals surface area contributed by atoms with Gasteiger partial charge in [-0.05, 0) is 24.3 Å². The van der Waals surface area contributed by atoms with Crippen molar-refractivity contribution in [3.05, 3.63) is 60.2 Å². The first kappa shape index (κ1) is 15.6. The van der Waals surface area contributed by atoms with Gasteiger partial charge in [0.1, 0.15) is 10.7 Å². The van der Waals surface area contributed by atoms with Gasteiger partial charge < -0.3 is 0 Å². The topological polar surface area (TPSA) is 59.1 Å². The van der Waals surface area contributed by atoms with Crippen molar-refractivity contribution >= 4 is 22.4 Å². The van der Waals surface area contributed by atoms with Crippen LogP contribution >= 0.6 is 12.4 Å². The minimum atomic E-state index is -3.85. The summed E-state index contributed by atoms with van der Waals surface area (Å²) in [6, 6.07) is 10.4. The summed E-state index contributed by atoms with van der Waals surface area (Å²) < 4.78 is 39.4. The van der Waals surface area contributed by atoms with E-state index < -0.39 is 15.8 Å². The van der Waals surface area contributed by atoms with E-state index in [-0.39, 0.29) is 23.8 Å². The maximum atomic E-state index is 13.4. The normalized spacial score (nSPS) is 10.8. The van der Waals surface area contributed by atoms with Crippen LogP contribution in [-0.4, -0.2) is 13.4 Å². The lowest BCUT2D eigenvalue weighted by Crippen LogP contribution is -2.24. The number of pyridine rings is 1. The largest absolute Gasteiger partial charge is 0.260 e. The maximum Gasteiger partial charge on any atom is 0.243 e. The summed E-state index contributed by atoms with van der Waals surface area (Å²) >= 11 is 0. The molecule has 0 saturated carbocycles. The van der Waals surface area contributed by atoms with Crippen LogP contribution in [-0.2, 0) is 16.6 Å². The third kappa shape index (κ3) is 3.99. The fourth-order valence-corrected chi connectivity index (χ4v) is 2.49. The Balaban J connectivity index is 0.00000180. The summed E-state index contributed by atoms with van der Waals surface area (Å²) in [5, 5.41) is 0. The molecule has 1 heterocycles. The van der Waals surface area contributed by atoms with Gasteiger partial charge in [-0.3, -0.25) is 4.98 Å². The number of rotatable bonds is 4. The van der Waals surface area contributed by atoms with Crippen LogP contribution < -0.4 is 4.72 Å². The average molecular weight is 303 g/mol. The SMILES string of the molecule is Cl.O=S(=O)(NCc1ccccn1)c1ccccc1F. The van der Waals surface area contributed by atoms with Gasteiger partial charge in [0.15, 0.2) is 0 Å². The molecule has 0 aliphatic rings. The van der Waals surface area contributed by atoms with Gasteiger partial charge in [-0.1, -0.05) is 18.2 Å². The quantitative estimate of drug-likeness (QED) is 0.941. The molecule has 19 heavy (non-hydrogen) atoms. The van der Waals surface area contributed by atoms with E-state index >= 15 is 0 Å². The molecule has 0 fully saturated rings. The highest BCUT2D eigenvalue weighted by molar-refractivity contribution is 7.89. The van der Waals surface area contributed by atoms with Gasteiger partial charge in [-0.25, -0.2) is 17.5 Å². The Morgan fingerprint density at radius 2 is 1.79 bits per heavy atom. The second-order valence-electron chi connectivity index (χ2n) is 3.58. The van der Waals surface area contributed by atoms with Crippen molar-refractivity contribution in [3.63, 3.8) is 0 Å². The molecule has 0 bridgehead atoms. The van der Waals surface area contributed by atoms with Gasteiger partial charge in [-0.15, -0.1) is 12.4 Å². The molecule has 2 aromatic rings. The fraction of sp³-hybridized carbons (Fsp3) is 0.0833. The third-order valence-electron chi connectivity index (χ3n) is 2.30. The molecule has 0 spiro atoms. The first-order valence-electron chi connectivity index (χ1n) is 5.24. The first-order chi connectivity index (χ1) is 8.59. The molecule has 0 amide bonds. The second-order valence-corrected chi connectivity index (χ2v) is 5.31. The average Bonchev–Trinajstić information content (AvgIpc) is 2.38. The minimum absolute atomic E-state index is 0. The van der Waals surface area contributed by atoms with Gasteiger partial charge >= 0.3 is 0 Å². The van der Waals surface area contributed by atoms with Crippen LogP contribution in [0.4, 0.5) is 4.39 Å². The lowest BCUT2D eigenvalue weighted by molar-refractivity contribution is 0.556. The van der Waals surface area contributed by atoms with Crippen molar-refractivity contribution in [1.29, 1.82) is 0 Å². The van der Waals surface area contributed by atoms with E-state index in [1.165, 1.54) is 18.2 Å². The maximum absolute atomic E-state index is 13.4. The van der Waals surface area contributed by atoms with Crippen LogP contribution in [0.15, 0.2) is 53.6 Å². The molecule has 102 valence electrons. The van der Waals surface area contributed by atoms with E-state index in [4.69, 9.17) is 0 Å². The first-order valence-corrected chi connectivity index (χ1v) is 6.72. The van der Waals surface area contributed by atoms with Gasteiger partial charge in [0.2, 0.25) is 10.0 Å². The highest BCUT2D eigenvalue weighted by Crippen LogP contribution is 2.13. The molecule has 2 rings (SSSR count). The minimum Gasteiger partial charge on any atom is -0.260 e. The van der Waals surface area contributed by atoms with Crippen molar-refractivity contribution in [2.45, 2.75) is 11.4 Å². The molecular weight excluding hydrogens is 291 g/mol. The second kappa shape index (κ2) is 6.60. The van der Waals surface area contributed by atoms with Crippen molar-refractivity contribution in [2.75, 3.05) is 0 Å². The molecule has 7 heteroatoms. The molecule has 0 aliphatic carbocycles. The smallest absolute Gasteiger partial charge is 0.243 e. The number of benzene rings is 1. The Morgan fingerprint density at radius 3 is 2.42 bits per heavy atom. The van der Waals surface area contributed by atoms with E-state index in [0.29, 0.717) is 5.69 Å². The summed E-state index contributed by atoms with van der Waals surface area (Å²) in [6.45, 7) is 0.0253. The standard InChI is InChI=1S/C12H11FN2O2S.ClH/c13-11-6-1-2-7-12(11)18(16,17)15-9-10-5-3-4-8-14-10;/h1-8,15H,9H2;1H. The highest BCUT2D eigenvalue weighted by atomic mass is 35.5. The molecule has 0 unspecified atom stereocenters. The van der Waals surface area contributed by atoms with Crippen LogP contribution in [0.5, 0.6) is 0 Å². The molecule has 0 aliphatic heterocycles. The van der Waals surface area contributed by atoms with Gasteiger partial charge in [0.25, 0.3) is 0 Å². The predicted molar refractivity (Wildman–Crippen MR) is 71.9 cm³/mol. The van der Waals surface area contributed by atoms with Crippen LogP contribution in [0, 0.1) is 5.82 Å². The summed E-state index contributed by atoms with van der Waals surface area (Å²) in [5.41, 5.74) is 0.567. The summed E-state index contributed by atoms with van der Waals surface area (Å²) in [5.74, 6) is -0.772. The number of nitrogens with zero attached hydrogens (tertiary/aromatic N) is 1. The number of hydrogen-bond acceptors (Lipinski definition) is 3. The van der Waals surface area contributed by atoms with Crippen LogP contribution in [0.25, 0.3) is 0 Å². The molecule has 1 aromatic heterocycles. The molecule has 1 aromatic carbocycles. The number of hydrogen-bond donors (Lipinski definition) is 1. The predicted octanol–water partition coefficient (Wildman–Crippen LogP) is 2.12. The Hall–Kier alpha value is -1.50. The van der Waals surface area contributed by atoms with Crippen molar-refractivity contribution in [2.24, 2.45) is 0 Å². The summed E-state index contributed by atoms with van der Waals surface area (Å²) in [6.07, 6.45) is 1.56. The summed E-state index contributed by atoms with van der Waals surface area (Å²) in [7, 11) is -3.85. The Morgan fingerprint density at radius 1 is 1.11 bits per heavy atom. The van der Waals surface area contributed by atoms with Gasteiger partial charge in [0.05, 0.1) is 12.2 Å². The molecule has 0 radical (unpaired) electrons. The van der Waals surface area contributed by atoms with E-state index in [2.05, 4.69) is 9.71 Å². The van der Waals surface area contributed by atoms with Crippen LogP contribution in [0.1, 0.15) is 5.69 Å². The number of aromatic nitrogens is 1. The zero-order valence-corrected chi connectivity index (χ0v) is 11.4. The Labute approximate surface area is 117 Å². The zero-order chi connectivity index (χ0) is 13.0. The molecule has 0 saturated heterocycles. The summed E-state index contributed by atoms with van der Waals surface area (Å²) in [4.78, 5) is 3.62. The number of nitrogens with one attached hydrogen (secondary N) is 1. The lowest BCUT2D eigenvalue weighted by Gasteiger charge is -2.06. The molecular formula is C12H12ClFN2O2S. The van der Waals surface area contributed by atoms with Crippen molar-refractivity contribution in [1.82, 2.24) is 9.71 Å². The van der Waals surface area contributed by atoms with Gasteiger partial charge in [0, 0.05) is 6.20 Å². The highest BCUT2D eigenvalue weighted by Gasteiger charge is 2.17. The number of sulfonamides is 1. The number of halogens is 2. The Bertz CT molecular complexity index is 635. The van der Waals surface area contributed by atoms with E-state index in [9.17, 15) is 12.8 Å². The van der Waals surface area contributed by atoms with Crippen LogP contribution in [0.2, 0.25) is 0 Å². The van der Waals surface area contributed by atoms with E-state index in [0.717, 1.165) is 6.07 Å². The molecule has 4 nitrogen and oxygen atoms in total. The molecule has 0 atom stereocenters. The lowest BCUT2D eigenvalue weighted by atomic mass is 10.3. The van der Waals surface area contributed by atoms with E-state index in [1.807, 2.05) is 0 Å². The third-order valence-corrected chi connectivity index (χ3v) is 3.73. The molecule has 1 N–H and O–H groups in total. The fourth-order valence-electron chi connectivity index (χ4n) is 1.41.